The summed E-state index contributed by atoms with van der Waals surface area (Å²) >= 11 is 0. The topological polar surface area (TPSA) is 29.3 Å². The largest absolute Gasteiger partial charge is 0.326 e. The summed E-state index contributed by atoms with van der Waals surface area (Å²) in [6.45, 7) is 3.73. The van der Waals surface area contributed by atoms with Gasteiger partial charge in [-0.15, -0.1) is 0 Å². The number of fused-ring (bicyclic) bond motifs is 1. The van der Waals surface area contributed by atoms with E-state index in [4.69, 9.17) is 5.73 Å². The Morgan fingerprint density at radius 2 is 1.70 bits per heavy atom. The average Bonchev–Trinajstić information content (AvgIpc) is 2.81. The van der Waals surface area contributed by atoms with Gasteiger partial charge in [-0.05, 0) is 35.7 Å². The van der Waals surface area contributed by atoms with E-state index in [9.17, 15) is 4.39 Å². The molecule has 0 saturated carbocycles. The molecule has 2 aromatic rings. The van der Waals surface area contributed by atoms with Crippen molar-refractivity contribution >= 4 is 0 Å². The van der Waals surface area contributed by atoms with Crippen LogP contribution in [0, 0.1) is 5.82 Å². The molecule has 0 radical (unpaired) electrons. The van der Waals surface area contributed by atoms with Crippen LogP contribution in [0.15, 0.2) is 48.5 Å². The van der Waals surface area contributed by atoms with E-state index in [0.29, 0.717) is 0 Å². The molecule has 0 amide bonds. The van der Waals surface area contributed by atoms with Crippen molar-refractivity contribution < 1.29 is 4.39 Å². The third-order valence-electron chi connectivity index (χ3n) is 3.95. The van der Waals surface area contributed by atoms with E-state index >= 15 is 0 Å². The molecule has 0 bridgehead atoms. The fourth-order valence-electron chi connectivity index (χ4n) is 3.09. The van der Waals surface area contributed by atoms with E-state index in [1.165, 1.54) is 17.2 Å². The van der Waals surface area contributed by atoms with Crippen LogP contribution in [0.4, 0.5) is 4.39 Å². The highest BCUT2D eigenvalue weighted by atomic mass is 19.1. The van der Waals surface area contributed by atoms with Gasteiger partial charge in [0.05, 0.1) is 6.04 Å². The van der Waals surface area contributed by atoms with Crippen LogP contribution in [0.3, 0.4) is 0 Å². The lowest BCUT2D eigenvalue weighted by molar-refractivity contribution is 0.178. The summed E-state index contributed by atoms with van der Waals surface area (Å²) in [4.78, 5) is 2.32. The lowest BCUT2D eigenvalue weighted by Crippen LogP contribution is -2.36. The van der Waals surface area contributed by atoms with Crippen LogP contribution in [-0.4, -0.2) is 10.9 Å². The number of benzene rings is 2. The van der Waals surface area contributed by atoms with Gasteiger partial charge in [0.2, 0.25) is 0 Å². The second-order valence-electron chi connectivity index (χ2n) is 5.53. The van der Waals surface area contributed by atoms with Crippen molar-refractivity contribution in [2.75, 3.05) is 0 Å². The number of nitrogens with two attached hydrogens (primary N) is 1. The highest BCUT2D eigenvalue weighted by Gasteiger charge is 2.29. The quantitative estimate of drug-likeness (QED) is 0.927. The first-order chi connectivity index (χ1) is 9.65. The molecule has 1 aliphatic heterocycles. The van der Waals surface area contributed by atoms with Crippen LogP contribution in [0.25, 0.3) is 0 Å². The summed E-state index contributed by atoms with van der Waals surface area (Å²) in [7, 11) is 0. The van der Waals surface area contributed by atoms with E-state index in [-0.39, 0.29) is 17.9 Å². The molecule has 1 heterocycles. The average molecular weight is 270 g/mol. The second-order valence-corrected chi connectivity index (χ2v) is 5.53. The lowest BCUT2D eigenvalue weighted by Gasteiger charge is -2.31. The van der Waals surface area contributed by atoms with Crippen molar-refractivity contribution in [2.45, 2.75) is 32.1 Å². The molecular formula is C17H19FN2. The summed E-state index contributed by atoms with van der Waals surface area (Å²) in [5, 5.41) is 0. The van der Waals surface area contributed by atoms with Gasteiger partial charge in [0, 0.05) is 19.1 Å². The Labute approximate surface area is 119 Å². The third kappa shape index (κ3) is 2.47. The molecule has 2 nitrogen and oxygen atoms in total. The fraction of sp³-hybridized carbons (Fsp3) is 0.294. The van der Waals surface area contributed by atoms with Crippen LogP contribution >= 0.6 is 0 Å². The second kappa shape index (κ2) is 5.35. The van der Waals surface area contributed by atoms with Crippen LogP contribution < -0.4 is 5.73 Å². The maximum Gasteiger partial charge on any atom is 0.123 e. The van der Waals surface area contributed by atoms with Gasteiger partial charge in [-0.2, -0.15) is 0 Å². The van der Waals surface area contributed by atoms with Gasteiger partial charge in [-0.3, -0.25) is 4.90 Å². The number of halogens is 1. The Bertz CT molecular complexity index is 584. The first-order valence-corrected chi connectivity index (χ1v) is 6.97. The minimum absolute atomic E-state index is 0.0399. The van der Waals surface area contributed by atoms with Gasteiger partial charge in [-0.25, -0.2) is 4.39 Å². The minimum atomic E-state index is -0.204. The van der Waals surface area contributed by atoms with Crippen molar-refractivity contribution in [2.24, 2.45) is 5.73 Å². The summed E-state index contributed by atoms with van der Waals surface area (Å²) in [6.07, 6.45) is 0. The molecule has 0 saturated heterocycles. The van der Waals surface area contributed by atoms with E-state index < -0.39 is 0 Å². The van der Waals surface area contributed by atoms with Gasteiger partial charge in [0.15, 0.2) is 0 Å². The smallest absolute Gasteiger partial charge is 0.123 e. The van der Waals surface area contributed by atoms with Crippen molar-refractivity contribution in [1.29, 1.82) is 0 Å². The van der Waals surface area contributed by atoms with Crippen LogP contribution in [-0.2, 0) is 13.1 Å². The summed E-state index contributed by atoms with van der Waals surface area (Å²) < 4.78 is 13.5. The van der Waals surface area contributed by atoms with Crippen LogP contribution in [0.5, 0.6) is 0 Å². The van der Waals surface area contributed by atoms with Crippen molar-refractivity contribution in [1.82, 2.24) is 4.90 Å². The molecule has 2 atom stereocenters. The highest BCUT2D eigenvalue weighted by Crippen LogP contribution is 2.32. The molecule has 104 valence electrons. The summed E-state index contributed by atoms with van der Waals surface area (Å²) in [5.41, 5.74) is 9.81. The Morgan fingerprint density at radius 1 is 1.05 bits per heavy atom. The lowest BCUT2D eigenvalue weighted by atomic mass is 9.99. The molecule has 2 N–H and O–H groups in total. The first kappa shape index (κ1) is 13.3. The number of rotatable bonds is 3. The van der Waals surface area contributed by atoms with E-state index in [0.717, 1.165) is 18.7 Å². The zero-order chi connectivity index (χ0) is 14.1. The molecule has 3 heteroatoms. The predicted molar refractivity (Wildman–Crippen MR) is 78.5 cm³/mol. The molecule has 2 unspecified atom stereocenters. The molecule has 0 aromatic heterocycles. The standard InChI is InChI=1S/C17H19FN2/c1-12(19)17(13-7-4-8-16(18)9-13)20-10-14-5-2-3-6-15(14)11-20/h2-9,12,17H,10-11,19H2,1H3. The van der Waals surface area contributed by atoms with E-state index in [2.05, 4.69) is 29.2 Å². The molecule has 0 aliphatic carbocycles. The van der Waals surface area contributed by atoms with Gasteiger partial charge in [-0.1, -0.05) is 36.4 Å². The molecule has 1 aliphatic rings. The molecule has 0 fully saturated rings. The van der Waals surface area contributed by atoms with Crippen molar-refractivity contribution in [3.8, 4) is 0 Å². The third-order valence-corrected chi connectivity index (χ3v) is 3.95. The van der Waals surface area contributed by atoms with Gasteiger partial charge in [0.1, 0.15) is 5.82 Å². The highest BCUT2D eigenvalue weighted by molar-refractivity contribution is 5.32. The molecule has 20 heavy (non-hydrogen) atoms. The van der Waals surface area contributed by atoms with E-state index in [1.54, 1.807) is 12.1 Å². The summed E-state index contributed by atoms with van der Waals surface area (Å²) in [5.74, 6) is -0.204. The predicted octanol–water partition coefficient (Wildman–Crippen LogP) is 3.23. The Morgan fingerprint density at radius 3 is 2.25 bits per heavy atom. The number of nitrogens with zero attached hydrogens (tertiary/aromatic N) is 1. The van der Waals surface area contributed by atoms with Crippen molar-refractivity contribution in [3.05, 3.63) is 71.0 Å². The van der Waals surface area contributed by atoms with E-state index in [1.807, 2.05) is 13.0 Å². The number of hydrogen-bond acceptors (Lipinski definition) is 2. The summed E-state index contributed by atoms with van der Waals surface area (Å²) in [6, 6.07) is 15.2. The van der Waals surface area contributed by atoms with Crippen LogP contribution in [0.1, 0.15) is 29.7 Å². The SMILES string of the molecule is CC(N)C(c1cccc(F)c1)N1Cc2ccccc2C1. The molecule has 3 rings (SSSR count). The molecular weight excluding hydrogens is 251 g/mol. The molecule has 0 spiro atoms. The van der Waals surface area contributed by atoms with Crippen LogP contribution in [0.2, 0.25) is 0 Å². The Hall–Kier alpha value is -1.71. The zero-order valence-corrected chi connectivity index (χ0v) is 11.6. The van der Waals surface area contributed by atoms with Gasteiger partial charge >= 0.3 is 0 Å². The maximum atomic E-state index is 13.5. The fourth-order valence-corrected chi connectivity index (χ4v) is 3.09. The normalized spacial score (nSPS) is 17.8. The molecule has 2 aromatic carbocycles. The van der Waals surface area contributed by atoms with Crippen molar-refractivity contribution in [3.63, 3.8) is 0 Å². The monoisotopic (exact) mass is 270 g/mol. The Kier molecular flexibility index (Phi) is 3.55. The number of hydrogen-bond donors (Lipinski definition) is 1. The maximum absolute atomic E-state index is 13.5. The minimum Gasteiger partial charge on any atom is -0.326 e. The Balaban J connectivity index is 1.90. The van der Waals surface area contributed by atoms with Gasteiger partial charge in [0.25, 0.3) is 0 Å². The zero-order valence-electron chi connectivity index (χ0n) is 11.6. The van der Waals surface area contributed by atoms with Gasteiger partial charge < -0.3 is 5.73 Å². The first-order valence-electron chi connectivity index (χ1n) is 6.97.